The molecule has 0 radical (unpaired) electrons. The molecule has 2 rings (SSSR count). The Balaban J connectivity index is 2.38. The number of aliphatic hydroxyl groups is 3. The predicted octanol–water partition coefficient (Wildman–Crippen LogP) is -3.63. The molecule has 13 heteroatoms. The van der Waals surface area contributed by atoms with Crippen molar-refractivity contribution < 1.29 is 39.2 Å². The maximum atomic E-state index is 11.9. The Morgan fingerprint density at radius 3 is 2.59 bits per heavy atom. The van der Waals surface area contributed by atoms with E-state index in [0.717, 1.165) is 12.5 Å². The summed E-state index contributed by atoms with van der Waals surface area (Å²) < 4.78 is 16.6. The van der Waals surface area contributed by atoms with E-state index in [2.05, 4.69) is 9.97 Å². The van der Waals surface area contributed by atoms with Crippen LogP contribution >= 0.6 is 7.60 Å². The molecule has 0 spiro atoms. The summed E-state index contributed by atoms with van der Waals surface area (Å²) in [4.78, 5) is 36.9. The SMILES string of the molecule is NC(O)[C@H]1OC(NC(=O)c2c[nH]cn2)(P(=O)(O)O)[C@H](O)[C@@H]1O. The highest BCUT2D eigenvalue weighted by atomic mass is 31.2. The zero-order valence-electron chi connectivity index (χ0n) is 10.9. The summed E-state index contributed by atoms with van der Waals surface area (Å²) in [5, 5.41) is 30.7. The summed E-state index contributed by atoms with van der Waals surface area (Å²) in [7, 11) is -5.34. The number of amides is 1. The van der Waals surface area contributed by atoms with Crippen LogP contribution in [0, 0.1) is 0 Å². The first-order valence-electron chi connectivity index (χ1n) is 5.94. The van der Waals surface area contributed by atoms with E-state index in [0.29, 0.717) is 0 Å². The number of ether oxygens (including phenoxy) is 1. The molecule has 2 unspecified atom stereocenters. The van der Waals surface area contributed by atoms with Gasteiger partial charge >= 0.3 is 7.60 Å². The fourth-order valence-corrected chi connectivity index (χ4v) is 3.06. The lowest BCUT2D eigenvalue weighted by Crippen LogP contribution is -2.56. The van der Waals surface area contributed by atoms with Crippen LogP contribution in [0.25, 0.3) is 0 Å². The molecule has 1 amide bonds. The molecule has 2 heterocycles. The molecule has 1 aromatic heterocycles. The number of aromatic amines is 1. The Bertz CT molecular complexity index is 588. The molecule has 0 aromatic carbocycles. The third kappa shape index (κ3) is 2.66. The van der Waals surface area contributed by atoms with Gasteiger partial charge in [0.25, 0.3) is 11.4 Å². The average Bonchev–Trinajstić information content (AvgIpc) is 3.00. The molecule has 0 saturated carbocycles. The summed E-state index contributed by atoms with van der Waals surface area (Å²) >= 11 is 0. The summed E-state index contributed by atoms with van der Waals surface area (Å²) in [5.74, 6) is -1.08. The first-order valence-corrected chi connectivity index (χ1v) is 7.56. The van der Waals surface area contributed by atoms with Crippen LogP contribution < -0.4 is 11.1 Å². The van der Waals surface area contributed by atoms with Crippen molar-refractivity contribution in [1.82, 2.24) is 15.3 Å². The number of nitrogens with two attached hydrogens (primary N) is 1. The second-order valence-electron chi connectivity index (χ2n) is 4.66. The number of imidazole rings is 1. The maximum Gasteiger partial charge on any atom is 0.380 e. The monoisotopic (exact) mass is 338 g/mol. The highest BCUT2D eigenvalue weighted by Gasteiger charge is 2.66. The first-order chi connectivity index (χ1) is 10.1. The topological polar surface area (TPSA) is 211 Å². The zero-order valence-corrected chi connectivity index (χ0v) is 11.8. The van der Waals surface area contributed by atoms with E-state index in [4.69, 9.17) is 10.5 Å². The highest BCUT2D eigenvalue weighted by molar-refractivity contribution is 7.53. The lowest BCUT2D eigenvalue weighted by Gasteiger charge is -2.32. The van der Waals surface area contributed by atoms with E-state index in [1.807, 2.05) is 5.32 Å². The van der Waals surface area contributed by atoms with Crippen LogP contribution in [0.1, 0.15) is 10.5 Å². The lowest BCUT2D eigenvalue weighted by molar-refractivity contribution is -0.0914. The smallest absolute Gasteiger partial charge is 0.380 e. The zero-order chi connectivity index (χ0) is 16.7. The van der Waals surface area contributed by atoms with E-state index in [-0.39, 0.29) is 5.69 Å². The minimum atomic E-state index is -5.34. The number of aromatic nitrogens is 2. The van der Waals surface area contributed by atoms with Gasteiger partial charge in [0.2, 0.25) is 0 Å². The largest absolute Gasteiger partial charge is 0.387 e. The minimum absolute atomic E-state index is 0.241. The number of carbonyl (C=O) groups excluding carboxylic acids is 1. The van der Waals surface area contributed by atoms with E-state index in [1.165, 1.54) is 0 Å². The van der Waals surface area contributed by atoms with Crippen LogP contribution in [0.5, 0.6) is 0 Å². The molecular weight excluding hydrogens is 323 g/mol. The van der Waals surface area contributed by atoms with Crippen molar-refractivity contribution >= 4 is 13.5 Å². The summed E-state index contributed by atoms with van der Waals surface area (Å²) in [6, 6.07) is 0. The minimum Gasteiger partial charge on any atom is -0.387 e. The fraction of sp³-hybridized carbons (Fsp3) is 0.556. The van der Waals surface area contributed by atoms with Gasteiger partial charge in [-0.25, -0.2) is 4.98 Å². The second-order valence-corrected chi connectivity index (χ2v) is 6.41. The van der Waals surface area contributed by atoms with Crippen molar-refractivity contribution in [2.24, 2.45) is 5.73 Å². The van der Waals surface area contributed by atoms with Gasteiger partial charge in [-0.3, -0.25) is 9.36 Å². The molecule has 1 aromatic rings. The Kier molecular flexibility index (Phi) is 4.39. The van der Waals surface area contributed by atoms with Gasteiger partial charge in [0.15, 0.2) is 0 Å². The molecule has 5 atom stereocenters. The van der Waals surface area contributed by atoms with E-state index in [9.17, 15) is 34.5 Å². The number of hydrogen-bond acceptors (Lipinski definition) is 8. The molecule has 0 bridgehead atoms. The van der Waals surface area contributed by atoms with Crippen LogP contribution in [0.4, 0.5) is 0 Å². The molecule has 1 saturated heterocycles. The number of H-pyrrole nitrogens is 1. The molecule has 124 valence electrons. The molecule has 1 aliphatic rings. The Morgan fingerprint density at radius 1 is 1.55 bits per heavy atom. The van der Waals surface area contributed by atoms with Crippen molar-refractivity contribution in [3.8, 4) is 0 Å². The number of hydrogen-bond donors (Lipinski definition) is 8. The standard InChI is InChI=1S/C9H15N4O8P/c10-7(16)5-4(14)6(15)9(21-5,22(18,19)20)13-8(17)3-1-11-2-12-3/h1-2,4-7,14-16H,10H2,(H,11,12)(H,13,17)(H2,18,19,20)/t4-,5+,6-,7?,9?/m1/s1. The number of rotatable bonds is 4. The van der Waals surface area contributed by atoms with Crippen LogP contribution in [-0.4, -0.2) is 71.0 Å². The van der Waals surface area contributed by atoms with E-state index >= 15 is 0 Å². The van der Waals surface area contributed by atoms with Crippen LogP contribution in [-0.2, 0) is 9.30 Å². The van der Waals surface area contributed by atoms with Crippen LogP contribution in [0.3, 0.4) is 0 Å². The highest BCUT2D eigenvalue weighted by Crippen LogP contribution is 2.56. The van der Waals surface area contributed by atoms with Crippen molar-refractivity contribution in [2.75, 3.05) is 0 Å². The van der Waals surface area contributed by atoms with Crippen LogP contribution in [0.15, 0.2) is 12.5 Å². The van der Waals surface area contributed by atoms with Crippen molar-refractivity contribution in [3.05, 3.63) is 18.2 Å². The molecule has 12 nitrogen and oxygen atoms in total. The number of nitrogens with one attached hydrogen (secondary N) is 2. The molecule has 1 fully saturated rings. The summed E-state index contributed by atoms with van der Waals surface area (Å²) in [6.45, 7) is 0. The van der Waals surface area contributed by atoms with Crippen molar-refractivity contribution in [1.29, 1.82) is 0 Å². The molecule has 1 aliphatic heterocycles. The number of nitrogens with zero attached hydrogens (tertiary/aromatic N) is 1. The second kappa shape index (κ2) is 5.68. The fourth-order valence-electron chi connectivity index (χ4n) is 2.06. The third-order valence-corrected chi connectivity index (χ3v) is 4.52. The Labute approximate surface area is 123 Å². The number of carbonyl (C=O) groups is 1. The van der Waals surface area contributed by atoms with Crippen molar-refractivity contribution in [3.63, 3.8) is 0 Å². The Hall–Kier alpha value is -1.37. The van der Waals surface area contributed by atoms with Gasteiger partial charge in [-0.15, -0.1) is 0 Å². The molecule has 9 N–H and O–H groups in total. The van der Waals surface area contributed by atoms with Gasteiger partial charge in [0, 0.05) is 6.20 Å². The number of aliphatic hydroxyl groups excluding tert-OH is 3. The quantitative estimate of drug-likeness (QED) is 0.199. The van der Waals surface area contributed by atoms with Gasteiger partial charge in [-0.1, -0.05) is 0 Å². The average molecular weight is 338 g/mol. The van der Waals surface area contributed by atoms with Gasteiger partial charge < -0.3 is 45.9 Å². The van der Waals surface area contributed by atoms with Gasteiger partial charge in [0.05, 0.1) is 6.33 Å². The Morgan fingerprint density at radius 2 is 2.18 bits per heavy atom. The van der Waals surface area contributed by atoms with Crippen LogP contribution in [0.2, 0.25) is 0 Å². The normalized spacial score (nSPS) is 33.6. The third-order valence-electron chi connectivity index (χ3n) is 3.17. The predicted molar refractivity (Wildman–Crippen MR) is 67.9 cm³/mol. The molecule has 22 heavy (non-hydrogen) atoms. The van der Waals surface area contributed by atoms with Gasteiger partial charge in [0.1, 0.15) is 30.2 Å². The van der Waals surface area contributed by atoms with Gasteiger partial charge in [-0.2, -0.15) is 0 Å². The van der Waals surface area contributed by atoms with Gasteiger partial charge in [-0.05, 0) is 0 Å². The summed E-state index contributed by atoms with van der Waals surface area (Å²) in [6.07, 6.45) is -5.46. The first kappa shape index (κ1) is 17.0. The van der Waals surface area contributed by atoms with E-state index in [1.54, 1.807) is 0 Å². The van der Waals surface area contributed by atoms with E-state index < -0.39 is 43.5 Å². The maximum absolute atomic E-state index is 11.9. The molecule has 0 aliphatic carbocycles. The molecular formula is C9H15N4O8P. The van der Waals surface area contributed by atoms with Crippen molar-refractivity contribution in [2.45, 2.75) is 30.0 Å². The lowest BCUT2D eigenvalue weighted by atomic mass is 10.1. The summed E-state index contributed by atoms with van der Waals surface area (Å²) in [5.41, 5.74) is 1.91.